The van der Waals surface area contributed by atoms with E-state index in [1.807, 2.05) is 54.6 Å². The van der Waals surface area contributed by atoms with Crippen LogP contribution in [-0.4, -0.2) is 29.3 Å². The molecule has 0 saturated heterocycles. The molecule has 164 valence electrons. The summed E-state index contributed by atoms with van der Waals surface area (Å²) in [5, 5.41) is 7.33. The minimum Gasteiger partial charge on any atom is -0.390 e. The third-order valence-electron chi connectivity index (χ3n) is 5.66. The Bertz CT molecular complexity index is 1060. The van der Waals surface area contributed by atoms with Gasteiger partial charge in [-0.25, -0.2) is 4.79 Å². The van der Waals surface area contributed by atoms with E-state index in [9.17, 15) is 4.79 Å². The predicted octanol–water partition coefficient (Wildman–Crippen LogP) is 5.78. The molecule has 0 aliphatic carbocycles. The Morgan fingerprint density at radius 3 is 2.41 bits per heavy atom. The minimum absolute atomic E-state index is 0.148. The number of benzene rings is 3. The van der Waals surface area contributed by atoms with Gasteiger partial charge in [0.2, 0.25) is 0 Å². The third kappa shape index (κ3) is 5.55. The van der Waals surface area contributed by atoms with Gasteiger partial charge in [0, 0.05) is 18.7 Å². The summed E-state index contributed by atoms with van der Waals surface area (Å²) in [5.41, 5.74) is 6.29. The van der Waals surface area contributed by atoms with Crippen molar-refractivity contribution in [2.45, 2.75) is 39.3 Å². The number of nitrogens with zero attached hydrogens (tertiary/aromatic N) is 2. The molecule has 1 N–H and O–H groups in total. The van der Waals surface area contributed by atoms with Crippen LogP contribution in [0.25, 0.3) is 0 Å². The van der Waals surface area contributed by atoms with E-state index in [0.717, 1.165) is 28.9 Å². The van der Waals surface area contributed by atoms with Gasteiger partial charge in [-0.1, -0.05) is 84.4 Å². The number of anilines is 1. The number of amides is 2. The lowest BCUT2D eigenvalue weighted by molar-refractivity contribution is 0.0608. The summed E-state index contributed by atoms with van der Waals surface area (Å²) in [7, 11) is 0. The van der Waals surface area contributed by atoms with Gasteiger partial charge in [0.1, 0.15) is 0 Å². The van der Waals surface area contributed by atoms with E-state index >= 15 is 0 Å². The van der Waals surface area contributed by atoms with Crippen molar-refractivity contribution in [3.05, 3.63) is 101 Å². The van der Waals surface area contributed by atoms with Crippen LogP contribution in [-0.2, 0) is 17.8 Å². The van der Waals surface area contributed by atoms with Crippen molar-refractivity contribution in [1.29, 1.82) is 0 Å². The lowest BCUT2D eigenvalue weighted by atomic mass is 10.0. The summed E-state index contributed by atoms with van der Waals surface area (Å²) in [6, 6.07) is 26.1. The molecule has 0 bridgehead atoms. The van der Waals surface area contributed by atoms with E-state index in [0.29, 0.717) is 19.5 Å². The molecular formula is C27H29N3O2. The van der Waals surface area contributed by atoms with Gasteiger partial charge in [0.05, 0.1) is 12.3 Å². The Hall–Kier alpha value is -3.60. The average Bonchev–Trinajstić information content (AvgIpc) is 3.29. The Kier molecular flexibility index (Phi) is 6.85. The number of urea groups is 1. The lowest BCUT2D eigenvalue weighted by Gasteiger charge is -2.25. The normalized spacial score (nSPS) is 15.1. The summed E-state index contributed by atoms with van der Waals surface area (Å²) in [6.07, 6.45) is 1.46. The molecule has 5 heteroatoms. The smallest absolute Gasteiger partial charge is 0.322 e. The van der Waals surface area contributed by atoms with Crippen molar-refractivity contribution >= 4 is 17.4 Å². The zero-order valence-electron chi connectivity index (χ0n) is 18.6. The molecule has 1 heterocycles. The SMILES string of the molecule is CCc1ccc(NC(=O)N(Cc2ccccc2)CC2CC(c3ccc(C)cc3)=NO2)cc1. The molecule has 0 saturated carbocycles. The van der Waals surface area contributed by atoms with Crippen LogP contribution in [0.1, 0.15) is 35.6 Å². The number of hydrogen-bond donors (Lipinski definition) is 1. The minimum atomic E-state index is -0.178. The zero-order chi connectivity index (χ0) is 22.3. The summed E-state index contributed by atoms with van der Waals surface area (Å²) < 4.78 is 0. The fraction of sp³-hybridized carbons (Fsp3) is 0.259. The molecule has 1 unspecified atom stereocenters. The number of carbonyl (C=O) groups is 1. The molecule has 0 fully saturated rings. The molecule has 2 amide bonds. The molecule has 4 rings (SSSR count). The second-order valence-electron chi connectivity index (χ2n) is 8.18. The zero-order valence-corrected chi connectivity index (χ0v) is 18.6. The lowest BCUT2D eigenvalue weighted by Crippen LogP contribution is -2.40. The Labute approximate surface area is 189 Å². The highest BCUT2D eigenvalue weighted by atomic mass is 16.6. The monoisotopic (exact) mass is 427 g/mol. The number of oxime groups is 1. The highest BCUT2D eigenvalue weighted by molar-refractivity contribution is 6.01. The van der Waals surface area contributed by atoms with E-state index in [-0.39, 0.29) is 12.1 Å². The van der Waals surface area contributed by atoms with Gasteiger partial charge in [0.25, 0.3) is 0 Å². The Balaban J connectivity index is 1.44. The molecule has 0 radical (unpaired) electrons. The van der Waals surface area contributed by atoms with Crippen molar-refractivity contribution in [1.82, 2.24) is 4.90 Å². The van der Waals surface area contributed by atoms with Crippen LogP contribution in [0, 0.1) is 6.92 Å². The van der Waals surface area contributed by atoms with Gasteiger partial charge in [-0.15, -0.1) is 0 Å². The molecule has 1 aliphatic heterocycles. The first-order chi connectivity index (χ1) is 15.6. The molecule has 5 nitrogen and oxygen atoms in total. The quantitative estimate of drug-likeness (QED) is 0.519. The molecule has 3 aromatic carbocycles. The van der Waals surface area contributed by atoms with Crippen molar-refractivity contribution < 1.29 is 9.63 Å². The average molecular weight is 428 g/mol. The van der Waals surface area contributed by atoms with Crippen molar-refractivity contribution in [3.63, 3.8) is 0 Å². The fourth-order valence-electron chi connectivity index (χ4n) is 3.74. The van der Waals surface area contributed by atoms with E-state index in [2.05, 4.69) is 48.6 Å². The largest absolute Gasteiger partial charge is 0.390 e. The first-order valence-corrected chi connectivity index (χ1v) is 11.1. The highest BCUT2D eigenvalue weighted by Crippen LogP contribution is 2.20. The number of rotatable bonds is 7. The van der Waals surface area contributed by atoms with Crippen LogP contribution in [0.4, 0.5) is 10.5 Å². The topological polar surface area (TPSA) is 53.9 Å². The van der Waals surface area contributed by atoms with Gasteiger partial charge >= 0.3 is 6.03 Å². The number of nitrogens with one attached hydrogen (secondary N) is 1. The van der Waals surface area contributed by atoms with Crippen molar-refractivity contribution in [2.75, 3.05) is 11.9 Å². The van der Waals surface area contributed by atoms with E-state index in [1.165, 1.54) is 11.1 Å². The molecule has 1 atom stereocenters. The first-order valence-electron chi connectivity index (χ1n) is 11.1. The molecular weight excluding hydrogens is 398 g/mol. The summed E-state index contributed by atoms with van der Waals surface area (Å²) >= 11 is 0. The second-order valence-corrected chi connectivity index (χ2v) is 8.18. The number of hydrogen-bond acceptors (Lipinski definition) is 3. The van der Waals surface area contributed by atoms with Crippen LogP contribution >= 0.6 is 0 Å². The second kappa shape index (κ2) is 10.1. The van der Waals surface area contributed by atoms with Gasteiger partial charge < -0.3 is 15.1 Å². The van der Waals surface area contributed by atoms with Crippen LogP contribution in [0.15, 0.2) is 84.0 Å². The summed E-state index contributed by atoms with van der Waals surface area (Å²) in [4.78, 5) is 20.7. The Morgan fingerprint density at radius 1 is 1.00 bits per heavy atom. The molecule has 0 aromatic heterocycles. The molecule has 32 heavy (non-hydrogen) atoms. The predicted molar refractivity (Wildman–Crippen MR) is 129 cm³/mol. The Morgan fingerprint density at radius 2 is 1.72 bits per heavy atom. The maximum absolute atomic E-state index is 13.2. The van der Waals surface area contributed by atoms with Crippen LogP contribution < -0.4 is 5.32 Å². The summed E-state index contributed by atoms with van der Waals surface area (Å²) in [5.74, 6) is 0. The van der Waals surface area contributed by atoms with E-state index in [4.69, 9.17) is 4.84 Å². The number of aryl methyl sites for hydroxylation is 2. The first kappa shape index (κ1) is 21.6. The number of carbonyl (C=O) groups excluding carboxylic acids is 1. The molecule has 1 aliphatic rings. The fourth-order valence-corrected chi connectivity index (χ4v) is 3.74. The maximum Gasteiger partial charge on any atom is 0.322 e. The molecule has 0 spiro atoms. The van der Waals surface area contributed by atoms with Gasteiger partial charge in [-0.05, 0) is 42.2 Å². The van der Waals surface area contributed by atoms with Gasteiger partial charge in [0.15, 0.2) is 6.10 Å². The van der Waals surface area contributed by atoms with E-state index < -0.39 is 0 Å². The maximum atomic E-state index is 13.2. The van der Waals surface area contributed by atoms with Crippen molar-refractivity contribution in [2.24, 2.45) is 5.16 Å². The van der Waals surface area contributed by atoms with E-state index in [1.54, 1.807) is 4.90 Å². The highest BCUT2D eigenvalue weighted by Gasteiger charge is 2.27. The molecule has 3 aromatic rings. The van der Waals surface area contributed by atoms with Crippen LogP contribution in [0.2, 0.25) is 0 Å². The van der Waals surface area contributed by atoms with Crippen molar-refractivity contribution in [3.8, 4) is 0 Å². The third-order valence-corrected chi connectivity index (χ3v) is 5.66. The van der Waals surface area contributed by atoms with Crippen LogP contribution in [0.5, 0.6) is 0 Å². The van der Waals surface area contributed by atoms with Gasteiger partial charge in [-0.3, -0.25) is 0 Å². The summed E-state index contributed by atoms with van der Waals surface area (Å²) in [6.45, 7) is 5.13. The van der Waals surface area contributed by atoms with Gasteiger partial charge in [-0.2, -0.15) is 0 Å². The standard InChI is InChI=1S/C27H29N3O2/c1-3-21-11-15-24(16-12-21)28-27(31)30(18-22-7-5-4-6-8-22)19-25-17-26(29-32-25)23-13-9-20(2)10-14-23/h4-16,25H,3,17-19H2,1-2H3,(H,28,31). The van der Waals surface area contributed by atoms with Crippen LogP contribution in [0.3, 0.4) is 0 Å².